The normalized spacial score (nSPS) is 11.4. The number of nitrogen functional groups attached to an aromatic ring is 1. The molecule has 0 radical (unpaired) electrons. The summed E-state index contributed by atoms with van der Waals surface area (Å²) in [6.45, 7) is 1.39. The highest BCUT2D eigenvalue weighted by molar-refractivity contribution is 5.77. The minimum absolute atomic E-state index is 0.127. The molecule has 1 aromatic carbocycles. The molecule has 2 aromatic rings. The maximum Gasteiger partial charge on any atom is 0.387 e. The Hall–Kier alpha value is -2.11. The summed E-state index contributed by atoms with van der Waals surface area (Å²) in [6.07, 6.45) is 0.801. The average molecular weight is 295 g/mol. The Morgan fingerprint density at radius 1 is 1.24 bits per heavy atom. The van der Waals surface area contributed by atoms with Crippen molar-refractivity contribution in [3.8, 4) is 16.9 Å². The number of hydrogen-bond acceptors (Lipinski definition) is 3. The highest BCUT2D eigenvalue weighted by Gasteiger charge is 2.17. The summed E-state index contributed by atoms with van der Waals surface area (Å²) in [6, 6.07) is 6.45. The molecule has 0 fully saturated rings. The molecule has 0 aliphatic heterocycles. The number of hydrogen-bond donors (Lipinski definition) is 1. The zero-order valence-electron chi connectivity index (χ0n) is 12.3. The number of aromatic nitrogens is 2. The Morgan fingerprint density at radius 2 is 1.86 bits per heavy atom. The van der Waals surface area contributed by atoms with E-state index in [-0.39, 0.29) is 5.75 Å². The number of aryl methyl sites for hydroxylation is 1. The van der Waals surface area contributed by atoms with Gasteiger partial charge >= 0.3 is 6.61 Å². The second-order valence-electron chi connectivity index (χ2n) is 5.33. The Balaban J connectivity index is 2.36. The molecule has 0 spiro atoms. The lowest BCUT2D eigenvalue weighted by molar-refractivity contribution is -0.0498. The number of nitrogens with zero attached hydrogens (tertiary/aromatic N) is 2. The van der Waals surface area contributed by atoms with Gasteiger partial charge in [-0.05, 0) is 30.0 Å². The SMILES string of the molecule is CC(C)Cc1nn(C)c(N)c1-c1ccc(OC(F)F)cc1. The summed E-state index contributed by atoms with van der Waals surface area (Å²) in [5, 5.41) is 4.44. The van der Waals surface area contributed by atoms with E-state index in [4.69, 9.17) is 5.73 Å². The van der Waals surface area contributed by atoms with E-state index in [1.807, 2.05) is 0 Å². The summed E-state index contributed by atoms with van der Waals surface area (Å²) < 4.78 is 30.3. The van der Waals surface area contributed by atoms with Crippen LogP contribution in [-0.2, 0) is 13.5 Å². The van der Waals surface area contributed by atoms with Gasteiger partial charge in [0.1, 0.15) is 11.6 Å². The topological polar surface area (TPSA) is 53.1 Å². The van der Waals surface area contributed by atoms with Gasteiger partial charge < -0.3 is 10.5 Å². The second-order valence-corrected chi connectivity index (χ2v) is 5.33. The van der Waals surface area contributed by atoms with Crippen LogP contribution >= 0.6 is 0 Å². The molecule has 2 rings (SSSR count). The van der Waals surface area contributed by atoms with Crippen LogP contribution in [0.25, 0.3) is 11.1 Å². The van der Waals surface area contributed by atoms with Crippen molar-refractivity contribution < 1.29 is 13.5 Å². The number of benzene rings is 1. The van der Waals surface area contributed by atoms with E-state index in [1.165, 1.54) is 12.1 Å². The third-order valence-electron chi connectivity index (χ3n) is 3.13. The molecular formula is C15H19F2N3O. The molecule has 0 unspecified atom stereocenters. The lowest BCUT2D eigenvalue weighted by atomic mass is 9.99. The van der Waals surface area contributed by atoms with Crippen LogP contribution in [0.1, 0.15) is 19.5 Å². The van der Waals surface area contributed by atoms with Gasteiger partial charge in [0.25, 0.3) is 0 Å². The van der Waals surface area contributed by atoms with Crippen molar-refractivity contribution in [2.45, 2.75) is 26.9 Å². The molecule has 0 bridgehead atoms. The zero-order valence-corrected chi connectivity index (χ0v) is 12.3. The molecule has 21 heavy (non-hydrogen) atoms. The molecule has 6 heteroatoms. The first kappa shape index (κ1) is 15.3. The lowest BCUT2D eigenvalue weighted by Gasteiger charge is -2.08. The highest BCUT2D eigenvalue weighted by atomic mass is 19.3. The average Bonchev–Trinajstić information content (AvgIpc) is 2.65. The van der Waals surface area contributed by atoms with Crippen molar-refractivity contribution >= 4 is 5.82 Å². The number of anilines is 1. The fourth-order valence-corrected chi connectivity index (χ4v) is 2.24. The van der Waals surface area contributed by atoms with Crippen molar-refractivity contribution in [1.82, 2.24) is 9.78 Å². The van der Waals surface area contributed by atoms with Gasteiger partial charge in [-0.3, -0.25) is 4.68 Å². The zero-order chi connectivity index (χ0) is 15.6. The van der Waals surface area contributed by atoms with E-state index < -0.39 is 6.61 Å². The maximum absolute atomic E-state index is 12.2. The molecule has 0 aliphatic rings. The van der Waals surface area contributed by atoms with E-state index in [9.17, 15) is 8.78 Å². The standard InChI is InChI=1S/C15H19F2N3O/c1-9(2)8-12-13(14(18)20(3)19-12)10-4-6-11(7-5-10)21-15(16)17/h4-7,9,15H,8,18H2,1-3H3. The van der Waals surface area contributed by atoms with Crippen molar-refractivity contribution in [2.75, 3.05) is 5.73 Å². The van der Waals surface area contributed by atoms with Gasteiger partial charge in [0, 0.05) is 12.6 Å². The molecule has 2 N–H and O–H groups in total. The summed E-state index contributed by atoms with van der Waals surface area (Å²) in [5.74, 6) is 1.13. The number of rotatable bonds is 5. The quantitative estimate of drug-likeness (QED) is 0.919. The van der Waals surface area contributed by atoms with Gasteiger partial charge in [-0.2, -0.15) is 13.9 Å². The molecule has 0 atom stereocenters. The first-order chi connectivity index (χ1) is 9.88. The molecule has 114 valence electrons. The molecular weight excluding hydrogens is 276 g/mol. The fraction of sp³-hybridized carbons (Fsp3) is 0.400. The van der Waals surface area contributed by atoms with Crippen molar-refractivity contribution in [1.29, 1.82) is 0 Å². The second kappa shape index (κ2) is 6.11. The van der Waals surface area contributed by atoms with Crippen LogP contribution in [0.3, 0.4) is 0 Å². The van der Waals surface area contributed by atoms with Crippen LogP contribution in [0, 0.1) is 5.92 Å². The van der Waals surface area contributed by atoms with Crippen LogP contribution in [0.5, 0.6) is 5.75 Å². The molecule has 1 heterocycles. The number of alkyl halides is 2. The van der Waals surface area contributed by atoms with Gasteiger partial charge in [-0.25, -0.2) is 0 Å². The van der Waals surface area contributed by atoms with E-state index in [1.54, 1.807) is 23.9 Å². The Labute approximate surface area is 122 Å². The Morgan fingerprint density at radius 3 is 2.38 bits per heavy atom. The molecule has 1 aromatic heterocycles. The van der Waals surface area contributed by atoms with Crippen LogP contribution < -0.4 is 10.5 Å². The third-order valence-corrected chi connectivity index (χ3v) is 3.13. The van der Waals surface area contributed by atoms with Gasteiger partial charge in [0.05, 0.1) is 5.69 Å². The van der Waals surface area contributed by atoms with Crippen molar-refractivity contribution in [3.63, 3.8) is 0 Å². The van der Waals surface area contributed by atoms with Crippen LogP contribution in [0.2, 0.25) is 0 Å². The fourth-order valence-electron chi connectivity index (χ4n) is 2.24. The van der Waals surface area contributed by atoms with Crippen molar-refractivity contribution in [2.24, 2.45) is 13.0 Å². The third kappa shape index (κ3) is 3.51. The van der Waals surface area contributed by atoms with E-state index >= 15 is 0 Å². The van der Waals surface area contributed by atoms with Gasteiger partial charge in [0.15, 0.2) is 0 Å². The van der Waals surface area contributed by atoms with E-state index in [2.05, 4.69) is 23.7 Å². The molecule has 0 amide bonds. The predicted octanol–water partition coefficient (Wildman–Crippen LogP) is 3.47. The first-order valence-corrected chi connectivity index (χ1v) is 6.75. The van der Waals surface area contributed by atoms with Gasteiger partial charge in [-0.1, -0.05) is 26.0 Å². The van der Waals surface area contributed by atoms with Crippen LogP contribution in [0.4, 0.5) is 14.6 Å². The lowest BCUT2D eigenvalue weighted by Crippen LogP contribution is -2.01. The smallest absolute Gasteiger partial charge is 0.387 e. The molecule has 0 aliphatic carbocycles. The van der Waals surface area contributed by atoms with Gasteiger partial charge in [-0.15, -0.1) is 0 Å². The van der Waals surface area contributed by atoms with E-state index in [0.29, 0.717) is 11.7 Å². The first-order valence-electron chi connectivity index (χ1n) is 6.75. The van der Waals surface area contributed by atoms with Gasteiger partial charge in [0.2, 0.25) is 0 Å². The summed E-state index contributed by atoms with van der Waals surface area (Å²) in [7, 11) is 1.79. The summed E-state index contributed by atoms with van der Waals surface area (Å²) >= 11 is 0. The number of ether oxygens (including phenoxy) is 1. The highest BCUT2D eigenvalue weighted by Crippen LogP contribution is 2.32. The van der Waals surface area contributed by atoms with Crippen molar-refractivity contribution in [3.05, 3.63) is 30.0 Å². The predicted molar refractivity (Wildman–Crippen MR) is 78.2 cm³/mol. The Kier molecular flexibility index (Phi) is 4.45. The minimum atomic E-state index is -2.82. The molecule has 4 nitrogen and oxygen atoms in total. The van der Waals surface area contributed by atoms with Crippen LogP contribution in [-0.4, -0.2) is 16.4 Å². The number of nitrogens with two attached hydrogens (primary N) is 1. The minimum Gasteiger partial charge on any atom is -0.435 e. The monoisotopic (exact) mass is 295 g/mol. The summed E-state index contributed by atoms with van der Waals surface area (Å²) in [5.41, 5.74) is 8.69. The van der Waals surface area contributed by atoms with E-state index in [0.717, 1.165) is 23.2 Å². The molecule has 0 saturated carbocycles. The Bertz CT molecular complexity index is 606. The number of halogens is 2. The van der Waals surface area contributed by atoms with Crippen LogP contribution in [0.15, 0.2) is 24.3 Å². The largest absolute Gasteiger partial charge is 0.435 e. The molecule has 0 saturated heterocycles. The maximum atomic E-state index is 12.2. The summed E-state index contributed by atoms with van der Waals surface area (Å²) in [4.78, 5) is 0.